The quantitative estimate of drug-likeness (QED) is 0.558. The van der Waals surface area contributed by atoms with E-state index < -0.39 is 0 Å². The summed E-state index contributed by atoms with van der Waals surface area (Å²) in [7, 11) is 0. The number of hydrogen-bond acceptors (Lipinski definition) is 6. The van der Waals surface area contributed by atoms with Gasteiger partial charge >= 0.3 is 0 Å². The van der Waals surface area contributed by atoms with E-state index in [-0.39, 0.29) is 0 Å². The minimum atomic E-state index is 0.600. The Bertz CT molecular complexity index is 482. The van der Waals surface area contributed by atoms with Crippen LogP contribution in [0.2, 0.25) is 0 Å². The molecule has 2 rings (SSSR count). The lowest BCUT2D eigenvalue weighted by atomic mass is 10.3. The molecular weight excluding hydrogens is 234 g/mol. The normalized spacial score (nSPS) is 10.2. The monoisotopic (exact) mass is 249 g/mol. The van der Waals surface area contributed by atoms with E-state index in [0.717, 1.165) is 18.8 Å². The van der Waals surface area contributed by atoms with Crippen LogP contribution in [0.25, 0.3) is 0 Å². The van der Waals surface area contributed by atoms with Gasteiger partial charge in [-0.3, -0.25) is 0 Å². The van der Waals surface area contributed by atoms with Gasteiger partial charge in [-0.2, -0.15) is 0 Å². The van der Waals surface area contributed by atoms with Crippen molar-refractivity contribution in [3.05, 3.63) is 34.3 Å². The van der Waals surface area contributed by atoms with Crippen molar-refractivity contribution in [3.63, 3.8) is 0 Å². The number of nitrogen functional groups attached to an aromatic ring is 1. The number of hydrazine groups is 1. The number of anilines is 2. The molecule has 6 heteroatoms. The van der Waals surface area contributed by atoms with Crippen LogP contribution < -0.4 is 16.6 Å². The maximum absolute atomic E-state index is 5.28. The van der Waals surface area contributed by atoms with Crippen molar-refractivity contribution in [2.45, 2.75) is 19.9 Å². The fraction of sp³-hybridized carbons (Fsp3) is 0.273. The maximum Gasteiger partial charge on any atom is 0.145 e. The molecule has 0 saturated heterocycles. The summed E-state index contributed by atoms with van der Waals surface area (Å²) in [4.78, 5) is 10.8. The van der Waals surface area contributed by atoms with Crippen LogP contribution in [-0.4, -0.2) is 9.97 Å². The van der Waals surface area contributed by atoms with Crippen LogP contribution in [0.1, 0.15) is 16.7 Å². The Morgan fingerprint density at radius 1 is 1.24 bits per heavy atom. The van der Waals surface area contributed by atoms with Gasteiger partial charge in [0, 0.05) is 15.8 Å². The van der Waals surface area contributed by atoms with Crippen LogP contribution in [0.5, 0.6) is 0 Å². The SMILES string of the molecule is CCc1ccc(CNc2cc(NN)ncn2)s1. The molecule has 0 spiro atoms. The van der Waals surface area contributed by atoms with Crippen LogP contribution >= 0.6 is 11.3 Å². The molecular formula is C11H15N5S. The lowest BCUT2D eigenvalue weighted by molar-refractivity contribution is 1.09. The van der Waals surface area contributed by atoms with Gasteiger partial charge in [-0.1, -0.05) is 6.92 Å². The van der Waals surface area contributed by atoms with E-state index in [1.165, 1.54) is 16.1 Å². The first-order valence-corrected chi connectivity index (χ1v) is 6.23. The first kappa shape index (κ1) is 11.8. The van der Waals surface area contributed by atoms with E-state index in [2.05, 4.69) is 39.8 Å². The summed E-state index contributed by atoms with van der Waals surface area (Å²) in [6, 6.07) is 6.07. The van der Waals surface area contributed by atoms with E-state index in [9.17, 15) is 0 Å². The van der Waals surface area contributed by atoms with Gasteiger partial charge in [0.1, 0.15) is 18.0 Å². The summed E-state index contributed by atoms with van der Waals surface area (Å²) >= 11 is 1.82. The first-order chi connectivity index (χ1) is 8.31. The minimum Gasteiger partial charge on any atom is -0.365 e. The number of thiophene rings is 1. The molecule has 90 valence electrons. The van der Waals surface area contributed by atoms with Crippen LogP contribution in [0.4, 0.5) is 11.6 Å². The van der Waals surface area contributed by atoms with Gasteiger partial charge < -0.3 is 10.7 Å². The molecule has 2 aromatic heterocycles. The summed E-state index contributed by atoms with van der Waals surface area (Å²) in [5, 5.41) is 3.24. The van der Waals surface area contributed by atoms with E-state index in [0.29, 0.717) is 5.82 Å². The predicted molar refractivity (Wildman–Crippen MR) is 70.9 cm³/mol. The maximum atomic E-state index is 5.28. The van der Waals surface area contributed by atoms with Crippen molar-refractivity contribution >= 4 is 23.0 Å². The van der Waals surface area contributed by atoms with E-state index in [4.69, 9.17) is 5.84 Å². The number of hydrogen-bond donors (Lipinski definition) is 3. The first-order valence-electron chi connectivity index (χ1n) is 5.42. The van der Waals surface area contributed by atoms with Gasteiger partial charge in [0.25, 0.3) is 0 Å². The summed E-state index contributed by atoms with van der Waals surface area (Å²) in [6.45, 7) is 2.93. The lowest BCUT2D eigenvalue weighted by Crippen LogP contribution is -2.09. The Labute approximate surface area is 104 Å². The molecule has 0 radical (unpaired) electrons. The molecule has 0 aliphatic rings. The molecule has 0 aliphatic heterocycles. The smallest absolute Gasteiger partial charge is 0.145 e. The number of rotatable bonds is 5. The predicted octanol–water partition coefficient (Wildman–Crippen LogP) is 2.00. The van der Waals surface area contributed by atoms with Crippen LogP contribution in [0.3, 0.4) is 0 Å². The third kappa shape index (κ3) is 3.15. The van der Waals surface area contributed by atoms with Gasteiger partial charge in [0.05, 0.1) is 6.54 Å². The number of nitrogens with one attached hydrogen (secondary N) is 2. The van der Waals surface area contributed by atoms with Crippen molar-refractivity contribution in [3.8, 4) is 0 Å². The largest absolute Gasteiger partial charge is 0.365 e. The average Bonchev–Trinajstić information content (AvgIpc) is 2.84. The molecule has 4 N–H and O–H groups in total. The summed E-state index contributed by atoms with van der Waals surface area (Å²) in [5.41, 5.74) is 2.49. The van der Waals surface area contributed by atoms with Crippen molar-refractivity contribution in [1.29, 1.82) is 0 Å². The minimum absolute atomic E-state index is 0.600. The second kappa shape index (κ2) is 5.60. The molecule has 0 aliphatic carbocycles. The molecule has 2 aromatic rings. The average molecular weight is 249 g/mol. The highest BCUT2D eigenvalue weighted by Crippen LogP contribution is 2.18. The molecule has 17 heavy (non-hydrogen) atoms. The fourth-order valence-electron chi connectivity index (χ4n) is 1.42. The summed E-state index contributed by atoms with van der Waals surface area (Å²) in [5.74, 6) is 6.64. The number of nitrogens with zero attached hydrogens (tertiary/aromatic N) is 2. The number of aromatic nitrogens is 2. The van der Waals surface area contributed by atoms with Gasteiger partial charge in [-0.25, -0.2) is 15.8 Å². The van der Waals surface area contributed by atoms with Gasteiger partial charge in [-0.05, 0) is 18.6 Å². The highest BCUT2D eigenvalue weighted by Gasteiger charge is 2.00. The zero-order valence-corrected chi connectivity index (χ0v) is 10.4. The fourth-order valence-corrected chi connectivity index (χ4v) is 2.32. The molecule has 5 nitrogen and oxygen atoms in total. The topological polar surface area (TPSA) is 75.9 Å². The van der Waals surface area contributed by atoms with Crippen LogP contribution in [0.15, 0.2) is 24.5 Å². The van der Waals surface area contributed by atoms with E-state index in [1.807, 2.05) is 11.3 Å². The van der Waals surface area contributed by atoms with E-state index in [1.54, 1.807) is 6.07 Å². The molecule has 0 bridgehead atoms. The van der Waals surface area contributed by atoms with Gasteiger partial charge in [-0.15, -0.1) is 11.3 Å². The molecule has 0 aromatic carbocycles. The second-order valence-corrected chi connectivity index (χ2v) is 4.76. The van der Waals surface area contributed by atoms with Gasteiger partial charge in [0.15, 0.2) is 0 Å². The molecule has 2 heterocycles. The lowest BCUT2D eigenvalue weighted by Gasteiger charge is -2.04. The summed E-state index contributed by atoms with van der Waals surface area (Å²) in [6.07, 6.45) is 2.56. The van der Waals surface area contributed by atoms with Crippen LogP contribution in [0, 0.1) is 0 Å². The Morgan fingerprint density at radius 2 is 2.00 bits per heavy atom. The number of nitrogens with two attached hydrogens (primary N) is 1. The number of aryl methyl sites for hydroxylation is 1. The van der Waals surface area contributed by atoms with Crippen molar-refractivity contribution < 1.29 is 0 Å². The molecule has 0 unspecified atom stereocenters. The zero-order valence-electron chi connectivity index (χ0n) is 9.60. The summed E-state index contributed by atoms with van der Waals surface area (Å²) < 4.78 is 0. The highest BCUT2D eigenvalue weighted by molar-refractivity contribution is 7.12. The highest BCUT2D eigenvalue weighted by atomic mass is 32.1. The Kier molecular flexibility index (Phi) is 3.89. The second-order valence-electron chi connectivity index (χ2n) is 3.51. The van der Waals surface area contributed by atoms with Gasteiger partial charge in [0.2, 0.25) is 0 Å². The Morgan fingerprint density at radius 3 is 2.71 bits per heavy atom. The molecule has 0 atom stereocenters. The Balaban J connectivity index is 1.96. The standard InChI is InChI=1S/C11H15N5S/c1-2-8-3-4-9(17-8)6-13-10-5-11(16-12)15-7-14-10/h3-5,7H,2,6,12H2,1H3,(H2,13,14,15,16). The van der Waals surface area contributed by atoms with Crippen LogP contribution in [-0.2, 0) is 13.0 Å². The third-order valence-electron chi connectivity index (χ3n) is 2.32. The van der Waals surface area contributed by atoms with Crippen molar-refractivity contribution in [2.24, 2.45) is 5.84 Å². The zero-order chi connectivity index (χ0) is 12.1. The third-order valence-corrected chi connectivity index (χ3v) is 3.55. The molecule has 0 saturated carbocycles. The molecule has 0 fully saturated rings. The van der Waals surface area contributed by atoms with Crippen molar-refractivity contribution in [2.75, 3.05) is 10.7 Å². The molecule has 0 amide bonds. The van der Waals surface area contributed by atoms with E-state index >= 15 is 0 Å². The van der Waals surface area contributed by atoms with Crippen molar-refractivity contribution in [1.82, 2.24) is 9.97 Å². The Hall–Kier alpha value is -1.66.